The van der Waals surface area contributed by atoms with Crippen LogP contribution in [0.5, 0.6) is 0 Å². The van der Waals surface area contributed by atoms with Gasteiger partial charge in [-0.05, 0) is 19.9 Å². The van der Waals surface area contributed by atoms with Crippen LogP contribution in [0, 0.1) is 0 Å². The molecule has 1 aliphatic heterocycles. The Kier molecular flexibility index (Phi) is 2.37. The molecule has 0 bridgehead atoms. The minimum atomic E-state index is -0.456. The van der Waals surface area contributed by atoms with Crippen molar-refractivity contribution in [2.24, 2.45) is 0 Å². The summed E-state index contributed by atoms with van der Waals surface area (Å²) < 4.78 is 11.5. The average molecular weight is 160 g/mol. The molecule has 0 unspecified atom stereocenters. The summed E-state index contributed by atoms with van der Waals surface area (Å²) in [6.07, 6.45) is 0.330. The second-order valence-electron chi connectivity index (χ2n) is 2.51. The molecule has 2 N–H and O–H groups in total. The van der Waals surface area contributed by atoms with E-state index in [1.807, 2.05) is 0 Å². The van der Waals surface area contributed by atoms with Crippen LogP contribution >= 0.6 is 0 Å². The lowest BCUT2D eigenvalue weighted by Crippen LogP contribution is -2.39. The van der Waals surface area contributed by atoms with Crippen LogP contribution in [0.3, 0.4) is 0 Å². The maximum absolute atomic E-state index is 11.2. The fourth-order valence-corrected chi connectivity index (χ4v) is 1.15. The Labute approximate surface area is 67.0 Å². The van der Waals surface area contributed by atoms with Gasteiger partial charge in [-0.1, -0.05) is 0 Å². The molecule has 0 aromatic heterocycles. The van der Waals surface area contributed by atoms with Crippen LogP contribution in [0.4, 0.5) is 0 Å². The van der Waals surface area contributed by atoms with Crippen molar-refractivity contribution >= 4 is 5.97 Å². The maximum Gasteiger partial charge on any atom is 0.325 e. The van der Waals surface area contributed by atoms with E-state index < -0.39 is 6.04 Å². The summed E-state index contributed by atoms with van der Waals surface area (Å²) in [7, 11) is 0. The zero-order valence-electron chi connectivity index (χ0n) is 7.50. The van der Waals surface area contributed by atoms with Crippen molar-refractivity contribution in [2.45, 2.75) is 25.5 Å². The van der Waals surface area contributed by atoms with Crippen LogP contribution in [-0.2, 0) is 9.53 Å². The molecule has 0 aromatic rings. The van der Waals surface area contributed by atoms with Gasteiger partial charge in [-0.2, -0.15) is 0 Å². The van der Waals surface area contributed by atoms with E-state index in [0.29, 0.717) is 19.6 Å². The zero-order valence-corrected chi connectivity index (χ0v) is 6.50. The lowest BCUT2D eigenvalue weighted by molar-refractivity contribution is -0.147. The van der Waals surface area contributed by atoms with E-state index in [1.165, 1.54) is 0 Å². The van der Waals surface area contributed by atoms with Gasteiger partial charge in [0.2, 0.25) is 1.43 Å². The molecule has 4 nitrogen and oxygen atoms in total. The standard InChI is InChI=1S/C7H13NO3/c1-2-11-7(10)6-5(9)3-4-8-6/h5-6,8-9H,2-4H2,1H3/t5-,6-/m0/s1/i9D. The van der Waals surface area contributed by atoms with Crippen molar-refractivity contribution < 1.29 is 14.6 Å². The monoisotopic (exact) mass is 160 g/mol. The second kappa shape index (κ2) is 3.69. The Morgan fingerprint density at radius 3 is 3.45 bits per heavy atom. The molecule has 1 rings (SSSR count). The maximum atomic E-state index is 11.2. The lowest BCUT2D eigenvalue weighted by atomic mass is 10.2. The number of aliphatic hydroxyl groups excluding tert-OH is 1. The van der Waals surface area contributed by atoms with E-state index in [9.17, 15) is 4.79 Å². The van der Waals surface area contributed by atoms with Crippen molar-refractivity contribution in [1.82, 2.24) is 5.32 Å². The number of carbonyl (C=O) groups is 1. The zero-order chi connectivity index (χ0) is 8.97. The van der Waals surface area contributed by atoms with E-state index in [2.05, 4.69) is 10.4 Å². The van der Waals surface area contributed by atoms with Gasteiger partial charge in [-0.15, -0.1) is 0 Å². The van der Waals surface area contributed by atoms with Crippen LogP contribution < -0.4 is 5.32 Å². The van der Waals surface area contributed by atoms with Gasteiger partial charge in [0.25, 0.3) is 0 Å². The van der Waals surface area contributed by atoms with E-state index in [-0.39, 0.29) is 12.1 Å². The van der Waals surface area contributed by atoms with Gasteiger partial charge >= 0.3 is 5.97 Å². The van der Waals surface area contributed by atoms with Gasteiger partial charge in [0.05, 0.1) is 12.7 Å². The Hall–Kier alpha value is -0.610. The van der Waals surface area contributed by atoms with Gasteiger partial charge in [-0.25, -0.2) is 0 Å². The van der Waals surface area contributed by atoms with Gasteiger partial charge in [-0.3, -0.25) is 4.79 Å². The number of rotatable bonds is 3. The van der Waals surface area contributed by atoms with Crippen LogP contribution in [0.2, 0.25) is 0 Å². The first-order chi connectivity index (χ1) is 5.79. The molecule has 1 aliphatic rings. The van der Waals surface area contributed by atoms with Crippen molar-refractivity contribution in [3.8, 4) is 0 Å². The van der Waals surface area contributed by atoms with E-state index >= 15 is 0 Å². The molecule has 1 fully saturated rings. The summed E-state index contributed by atoms with van der Waals surface area (Å²) in [5, 5.41) is 7.30. The first kappa shape index (κ1) is 7.06. The normalized spacial score (nSPS) is 31.5. The molecule has 0 radical (unpaired) electrons. The van der Waals surface area contributed by atoms with Gasteiger partial charge in [0.1, 0.15) is 6.04 Å². The third-order valence-electron chi connectivity index (χ3n) is 1.71. The van der Waals surface area contributed by atoms with E-state index in [0.717, 1.165) is 0 Å². The number of esters is 1. The highest BCUT2D eigenvalue weighted by Gasteiger charge is 2.31. The molecule has 0 saturated carbocycles. The van der Waals surface area contributed by atoms with Gasteiger partial charge in [0.15, 0.2) is 0 Å². The van der Waals surface area contributed by atoms with Crippen molar-refractivity contribution in [2.75, 3.05) is 13.2 Å². The number of hydrogen-bond acceptors (Lipinski definition) is 4. The Balaban J connectivity index is 2.43. The Morgan fingerprint density at radius 2 is 2.82 bits per heavy atom. The number of aliphatic hydroxyl groups is 1. The number of ether oxygens (including phenoxy) is 1. The molecule has 1 saturated heterocycles. The molecule has 64 valence electrons. The molecule has 4 heteroatoms. The summed E-state index contributed by atoms with van der Waals surface area (Å²) in [5.74, 6) is -0.327. The van der Waals surface area contributed by atoms with Crippen LogP contribution in [-0.4, -0.2) is 37.8 Å². The molecule has 0 spiro atoms. The van der Waals surface area contributed by atoms with Gasteiger partial charge in [0, 0.05) is 0 Å². The van der Waals surface area contributed by atoms with Gasteiger partial charge < -0.3 is 15.2 Å². The third kappa shape index (κ3) is 1.91. The molecule has 11 heavy (non-hydrogen) atoms. The van der Waals surface area contributed by atoms with Crippen molar-refractivity contribution in [3.05, 3.63) is 0 Å². The molecule has 0 aromatic carbocycles. The summed E-state index contributed by atoms with van der Waals surface area (Å²) in [5.41, 5.74) is 0. The Morgan fingerprint density at radius 1 is 2.00 bits per heavy atom. The fraction of sp³-hybridized carbons (Fsp3) is 0.857. The molecule has 1 heterocycles. The third-order valence-corrected chi connectivity index (χ3v) is 1.71. The van der Waals surface area contributed by atoms with E-state index in [1.54, 1.807) is 6.92 Å². The largest absolute Gasteiger partial charge is 0.465 e. The number of nitrogens with one attached hydrogen (secondary N) is 1. The second-order valence-corrected chi connectivity index (χ2v) is 2.51. The van der Waals surface area contributed by atoms with Crippen molar-refractivity contribution in [3.63, 3.8) is 0 Å². The molecular weight excluding hydrogens is 146 g/mol. The molecule has 2 atom stereocenters. The Bertz CT molecular complexity index is 165. The fourth-order valence-electron chi connectivity index (χ4n) is 1.15. The van der Waals surface area contributed by atoms with Crippen LogP contribution in [0.25, 0.3) is 0 Å². The van der Waals surface area contributed by atoms with E-state index in [4.69, 9.17) is 6.17 Å². The predicted molar refractivity (Wildman–Crippen MR) is 39.0 cm³/mol. The minimum Gasteiger partial charge on any atom is -0.465 e. The first-order valence-corrected chi connectivity index (χ1v) is 3.81. The topological polar surface area (TPSA) is 58.6 Å². The summed E-state index contributed by atoms with van der Waals surface area (Å²) in [4.78, 5) is 11.2. The summed E-state index contributed by atoms with van der Waals surface area (Å²) in [6.45, 7) is 2.82. The molecule has 0 amide bonds. The number of hydrogen-bond donors (Lipinski definition) is 2. The number of carbonyl (C=O) groups excluding carboxylic acids is 1. The minimum absolute atomic E-state index is 0.327. The smallest absolute Gasteiger partial charge is 0.325 e. The summed E-state index contributed by atoms with van der Waals surface area (Å²) >= 11 is 0. The lowest BCUT2D eigenvalue weighted by Gasteiger charge is -2.12. The average Bonchev–Trinajstić information content (AvgIpc) is 2.51. The predicted octanol–water partition coefficient (Wildman–Crippen LogP) is -0.728. The van der Waals surface area contributed by atoms with Crippen molar-refractivity contribution in [1.29, 1.82) is 1.43 Å². The quantitative estimate of drug-likeness (QED) is 0.534. The summed E-state index contributed by atoms with van der Waals surface area (Å²) in [6, 6.07) is -0.456. The first-order valence-electron chi connectivity index (χ1n) is 4.22. The molecular formula is C7H13NO3. The van der Waals surface area contributed by atoms with Crippen LogP contribution in [0.1, 0.15) is 13.3 Å². The highest BCUT2D eigenvalue weighted by atomic mass is 16.5. The molecule has 0 aliphatic carbocycles. The van der Waals surface area contributed by atoms with Crippen LogP contribution in [0.15, 0.2) is 0 Å². The SMILES string of the molecule is [2H]O[C@H]1CCN[C@@H]1C(=O)OCC. The highest BCUT2D eigenvalue weighted by molar-refractivity contribution is 5.76. The highest BCUT2D eigenvalue weighted by Crippen LogP contribution is 2.07.